The van der Waals surface area contributed by atoms with Crippen molar-refractivity contribution in [1.29, 1.82) is 0 Å². The van der Waals surface area contributed by atoms with Gasteiger partial charge in [-0.3, -0.25) is 0 Å². The van der Waals surface area contributed by atoms with Gasteiger partial charge in [0.05, 0.1) is 26.4 Å². The second-order valence-corrected chi connectivity index (χ2v) is 3.70. The van der Waals surface area contributed by atoms with Gasteiger partial charge in [0.25, 0.3) is 0 Å². The molecule has 0 aliphatic carbocycles. The molecule has 1 rings (SSSR count). The van der Waals surface area contributed by atoms with Crippen LogP contribution in [0.5, 0.6) is 5.75 Å². The number of hydrogen-bond donors (Lipinski definition) is 1. The predicted molar refractivity (Wildman–Crippen MR) is 68.7 cm³/mol. The van der Waals surface area contributed by atoms with Crippen molar-refractivity contribution in [3.8, 4) is 5.75 Å². The Morgan fingerprint density at radius 1 is 1.00 bits per heavy atom. The van der Waals surface area contributed by atoms with Gasteiger partial charge >= 0.3 is 0 Å². The van der Waals surface area contributed by atoms with Crippen molar-refractivity contribution >= 4 is 23.0 Å². The molecular formula is C11H15IO4. The van der Waals surface area contributed by atoms with Gasteiger partial charge in [0.2, 0.25) is 0 Å². The van der Waals surface area contributed by atoms with E-state index in [0.717, 1.165) is 11.3 Å². The molecule has 0 spiro atoms. The van der Waals surface area contributed by atoms with Crippen LogP contribution in [0.15, 0.2) is 24.3 Å². The Hall–Kier alpha value is -0.370. The maximum atomic E-state index is 8.85. The fourth-order valence-electron chi connectivity index (χ4n) is 1.10. The summed E-state index contributed by atoms with van der Waals surface area (Å²) in [5.41, 5.74) is 0.878. The minimum absolute atomic E-state index is 0.0553. The highest BCUT2D eigenvalue weighted by Gasteiger charge is 1.94. The van der Waals surface area contributed by atoms with Crippen molar-refractivity contribution in [2.45, 2.75) is 6.61 Å². The van der Waals surface area contributed by atoms with Crippen LogP contribution in [-0.4, -0.2) is 31.5 Å². The summed E-state index contributed by atoms with van der Waals surface area (Å²) in [4.78, 5) is 0. The summed E-state index contributed by atoms with van der Waals surface area (Å²) in [7, 11) is 0. The average molecular weight is 338 g/mol. The van der Waals surface area contributed by atoms with Crippen LogP contribution < -0.4 is 4.74 Å². The van der Waals surface area contributed by atoms with E-state index in [1.54, 1.807) is 0 Å². The lowest BCUT2D eigenvalue weighted by molar-refractivity contribution is 0.0854. The van der Waals surface area contributed by atoms with Gasteiger partial charge in [-0.25, -0.2) is 0 Å². The Labute approximate surface area is 109 Å². The Balaban J connectivity index is 2.12. The molecule has 0 saturated carbocycles. The number of halogens is 1. The molecule has 4 nitrogen and oxygen atoms in total. The van der Waals surface area contributed by atoms with E-state index in [4.69, 9.17) is 17.6 Å². The topological polar surface area (TPSA) is 47.9 Å². The van der Waals surface area contributed by atoms with Gasteiger partial charge in [0.15, 0.2) is 0 Å². The van der Waals surface area contributed by atoms with E-state index in [2.05, 4.69) is 0 Å². The molecule has 1 aromatic rings. The molecule has 0 atom stereocenters. The van der Waals surface area contributed by atoms with E-state index in [9.17, 15) is 0 Å². The smallest absolute Gasteiger partial charge is 0.119 e. The maximum absolute atomic E-state index is 8.85. The van der Waals surface area contributed by atoms with Gasteiger partial charge < -0.3 is 17.6 Å². The number of benzene rings is 1. The fourth-order valence-corrected chi connectivity index (χ4v) is 1.28. The molecule has 0 aliphatic rings. The molecule has 5 heteroatoms. The zero-order chi connectivity index (χ0) is 11.6. The lowest BCUT2D eigenvalue weighted by Crippen LogP contribution is -2.09. The molecule has 1 N–H and O–H groups in total. The number of rotatable bonds is 8. The van der Waals surface area contributed by atoms with Gasteiger partial charge in [-0.15, -0.1) is 0 Å². The Bertz CT molecular complexity index is 276. The molecule has 16 heavy (non-hydrogen) atoms. The Morgan fingerprint density at radius 3 is 2.31 bits per heavy atom. The highest BCUT2D eigenvalue weighted by Crippen LogP contribution is 2.11. The molecule has 0 amide bonds. The second-order valence-electron chi connectivity index (χ2n) is 3.08. The second kappa shape index (κ2) is 8.74. The van der Waals surface area contributed by atoms with Crippen LogP contribution in [0.3, 0.4) is 0 Å². The number of ether oxygens (including phenoxy) is 2. The highest BCUT2D eigenvalue weighted by atomic mass is 127. The first kappa shape index (κ1) is 13.7. The van der Waals surface area contributed by atoms with Crippen LogP contribution in [0, 0.1) is 0 Å². The van der Waals surface area contributed by atoms with Crippen molar-refractivity contribution in [3.63, 3.8) is 0 Å². The minimum Gasteiger partial charge on any atom is -0.491 e. The van der Waals surface area contributed by atoms with E-state index >= 15 is 0 Å². The number of aliphatic hydroxyl groups excluding tert-OH is 1. The molecule has 0 fully saturated rings. The number of aliphatic hydroxyl groups is 1. The van der Waals surface area contributed by atoms with Gasteiger partial charge in [0.1, 0.15) is 35.4 Å². The minimum atomic E-state index is 0.0553. The Morgan fingerprint density at radius 2 is 1.69 bits per heavy atom. The van der Waals surface area contributed by atoms with Gasteiger partial charge in [-0.2, -0.15) is 0 Å². The van der Waals surface area contributed by atoms with Crippen molar-refractivity contribution in [2.24, 2.45) is 0 Å². The van der Waals surface area contributed by atoms with E-state index in [1.165, 1.54) is 0 Å². The summed E-state index contributed by atoms with van der Waals surface area (Å²) in [5.74, 6) is 0.783. The Kier molecular flexibility index (Phi) is 7.48. The fraction of sp³-hybridized carbons (Fsp3) is 0.455. The standard InChI is InChI=1S/C11H15IO4/c12-16-8-6-14-5-7-15-11-3-1-10(9-13)2-4-11/h1-4,13H,5-9H2. The average Bonchev–Trinajstić information content (AvgIpc) is 2.34. The normalized spacial score (nSPS) is 10.4. The summed E-state index contributed by atoms with van der Waals surface area (Å²) < 4.78 is 15.5. The first-order valence-electron chi connectivity index (χ1n) is 5.00. The SMILES string of the molecule is OCc1ccc(OCCOCCOI)cc1. The predicted octanol–water partition coefficient (Wildman–Crippen LogP) is 1.94. The van der Waals surface area contributed by atoms with Crippen LogP contribution in [0.2, 0.25) is 0 Å². The van der Waals surface area contributed by atoms with Crippen molar-refractivity contribution in [3.05, 3.63) is 29.8 Å². The molecule has 0 radical (unpaired) electrons. The van der Waals surface area contributed by atoms with Crippen molar-refractivity contribution in [1.82, 2.24) is 0 Å². The largest absolute Gasteiger partial charge is 0.491 e. The molecule has 0 saturated heterocycles. The van der Waals surface area contributed by atoms with Gasteiger partial charge in [-0.05, 0) is 17.7 Å². The molecular weight excluding hydrogens is 323 g/mol. The summed E-state index contributed by atoms with van der Waals surface area (Å²) in [6, 6.07) is 7.33. The molecule has 1 aromatic carbocycles. The first-order valence-corrected chi connectivity index (χ1v) is 5.89. The molecule has 0 unspecified atom stereocenters. The third-order valence-corrected chi connectivity index (χ3v) is 2.35. The van der Waals surface area contributed by atoms with Crippen LogP contribution in [0.25, 0.3) is 0 Å². The first-order chi connectivity index (χ1) is 7.86. The third-order valence-electron chi connectivity index (χ3n) is 1.91. The highest BCUT2D eigenvalue weighted by molar-refractivity contribution is 14.1. The van der Waals surface area contributed by atoms with Crippen molar-refractivity contribution < 1.29 is 17.6 Å². The molecule has 90 valence electrons. The van der Waals surface area contributed by atoms with Gasteiger partial charge in [0, 0.05) is 0 Å². The maximum Gasteiger partial charge on any atom is 0.119 e. The van der Waals surface area contributed by atoms with Crippen molar-refractivity contribution in [2.75, 3.05) is 26.4 Å². The summed E-state index contributed by atoms with van der Waals surface area (Å²) in [5, 5.41) is 8.85. The summed E-state index contributed by atoms with van der Waals surface area (Å²) in [6.07, 6.45) is 0. The molecule has 0 bridgehead atoms. The van der Waals surface area contributed by atoms with Gasteiger partial charge in [-0.1, -0.05) is 12.1 Å². The van der Waals surface area contributed by atoms with E-state index < -0.39 is 0 Å². The summed E-state index contributed by atoms with van der Waals surface area (Å²) in [6.45, 7) is 2.28. The lowest BCUT2D eigenvalue weighted by Gasteiger charge is -2.07. The lowest BCUT2D eigenvalue weighted by atomic mass is 10.2. The van der Waals surface area contributed by atoms with Crippen LogP contribution in [0.4, 0.5) is 0 Å². The number of hydrogen-bond acceptors (Lipinski definition) is 4. The zero-order valence-electron chi connectivity index (χ0n) is 8.89. The monoisotopic (exact) mass is 338 g/mol. The third kappa shape index (κ3) is 5.64. The van der Waals surface area contributed by atoms with E-state index in [-0.39, 0.29) is 6.61 Å². The quantitative estimate of drug-likeness (QED) is 0.581. The van der Waals surface area contributed by atoms with Crippen LogP contribution in [-0.2, 0) is 14.4 Å². The molecule has 0 heterocycles. The summed E-state index contributed by atoms with van der Waals surface area (Å²) >= 11 is 1.83. The molecule has 0 aliphatic heterocycles. The van der Waals surface area contributed by atoms with E-state index in [0.29, 0.717) is 26.4 Å². The molecule has 0 aromatic heterocycles. The van der Waals surface area contributed by atoms with Crippen LogP contribution in [0.1, 0.15) is 5.56 Å². The zero-order valence-corrected chi connectivity index (χ0v) is 11.1. The van der Waals surface area contributed by atoms with E-state index in [1.807, 2.05) is 47.3 Å². The van der Waals surface area contributed by atoms with Crippen LogP contribution >= 0.6 is 23.0 Å².